The predicted molar refractivity (Wildman–Crippen MR) is 114 cm³/mol. The molecule has 158 valence electrons. The molecule has 1 unspecified atom stereocenters. The van der Waals surface area contributed by atoms with Crippen molar-refractivity contribution in [2.24, 2.45) is 5.92 Å². The van der Waals surface area contributed by atoms with Gasteiger partial charge in [-0.2, -0.15) is 0 Å². The average molecular weight is 410 g/mol. The fraction of sp³-hybridized carbons (Fsp3) is 0.348. The van der Waals surface area contributed by atoms with E-state index in [4.69, 9.17) is 9.47 Å². The first-order chi connectivity index (χ1) is 14.3. The molecule has 1 N–H and O–H groups in total. The summed E-state index contributed by atoms with van der Waals surface area (Å²) in [6.45, 7) is 5.97. The van der Waals surface area contributed by atoms with Gasteiger partial charge < -0.3 is 19.7 Å². The van der Waals surface area contributed by atoms with Crippen molar-refractivity contribution in [1.29, 1.82) is 0 Å². The summed E-state index contributed by atoms with van der Waals surface area (Å²) in [5.41, 5.74) is 1.45. The quantitative estimate of drug-likeness (QED) is 0.735. The minimum Gasteiger partial charge on any atom is -0.493 e. The molecule has 1 aliphatic rings. The van der Waals surface area contributed by atoms with E-state index in [-0.39, 0.29) is 18.4 Å². The van der Waals surface area contributed by atoms with Crippen LogP contribution in [0.25, 0.3) is 0 Å². The zero-order valence-corrected chi connectivity index (χ0v) is 17.4. The molecule has 1 atom stereocenters. The highest BCUT2D eigenvalue weighted by atomic mass is 16.5. The van der Waals surface area contributed by atoms with Crippen LogP contribution in [-0.2, 0) is 14.3 Å². The van der Waals surface area contributed by atoms with Gasteiger partial charge in [0.2, 0.25) is 5.91 Å². The Hall–Kier alpha value is -3.35. The lowest BCUT2D eigenvalue weighted by Gasteiger charge is -2.27. The average Bonchev–Trinajstić information content (AvgIpc) is 2.84. The summed E-state index contributed by atoms with van der Waals surface area (Å²) in [5.74, 6) is -0.238. The molecule has 2 aromatic rings. The van der Waals surface area contributed by atoms with E-state index in [0.717, 1.165) is 0 Å². The SMILES string of the molecule is CC(C)COc1cccc(C(=O)OCC(=O)N2c3ccccc3NC(=O)CC2C)c1. The van der Waals surface area contributed by atoms with Crippen molar-refractivity contribution in [3.8, 4) is 5.75 Å². The third-order valence-electron chi connectivity index (χ3n) is 4.61. The van der Waals surface area contributed by atoms with Crippen LogP contribution in [0.5, 0.6) is 5.75 Å². The summed E-state index contributed by atoms with van der Waals surface area (Å²) in [5, 5.41) is 2.80. The fourth-order valence-corrected chi connectivity index (χ4v) is 3.22. The van der Waals surface area contributed by atoms with E-state index in [1.54, 1.807) is 55.5 Å². The van der Waals surface area contributed by atoms with Crippen LogP contribution in [0.4, 0.5) is 11.4 Å². The van der Waals surface area contributed by atoms with E-state index in [1.165, 1.54) is 4.90 Å². The maximum Gasteiger partial charge on any atom is 0.338 e. The lowest BCUT2D eigenvalue weighted by Crippen LogP contribution is -2.41. The van der Waals surface area contributed by atoms with Crippen molar-refractivity contribution in [1.82, 2.24) is 0 Å². The summed E-state index contributed by atoms with van der Waals surface area (Å²) in [4.78, 5) is 38.9. The Bertz CT molecular complexity index is 941. The second-order valence-corrected chi connectivity index (χ2v) is 7.69. The van der Waals surface area contributed by atoms with Crippen LogP contribution in [0.15, 0.2) is 48.5 Å². The lowest BCUT2D eigenvalue weighted by molar-refractivity contribution is -0.122. The fourth-order valence-electron chi connectivity index (χ4n) is 3.22. The normalized spacial score (nSPS) is 15.8. The lowest BCUT2D eigenvalue weighted by atomic mass is 10.1. The molecule has 0 radical (unpaired) electrons. The van der Waals surface area contributed by atoms with Crippen LogP contribution in [-0.4, -0.2) is 37.0 Å². The molecule has 0 bridgehead atoms. The standard InChI is InChI=1S/C23H26N2O5/c1-15(2)13-29-18-8-6-7-17(12-18)23(28)30-14-22(27)25-16(3)11-21(26)24-19-9-4-5-10-20(19)25/h4-10,12,15-16H,11,13-14H2,1-3H3,(H,24,26). The van der Waals surface area contributed by atoms with Gasteiger partial charge in [0, 0.05) is 12.5 Å². The number of anilines is 2. The van der Waals surface area contributed by atoms with Gasteiger partial charge in [0.05, 0.1) is 23.5 Å². The van der Waals surface area contributed by atoms with E-state index in [1.807, 2.05) is 13.8 Å². The van der Waals surface area contributed by atoms with Crippen molar-refractivity contribution in [3.63, 3.8) is 0 Å². The first-order valence-electron chi connectivity index (χ1n) is 9.96. The highest BCUT2D eigenvalue weighted by Crippen LogP contribution is 2.31. The number of fused-ring (bicyclic) bond motifs is 1. The van der Waals surface area contributed by atoms with Crippen molar-refractivity contribution in [2.75, 3.05) is 23.4 Å². The van der Waals surface area contributed by atoms with Crippen LogP contribution >= 0.6 is 0 Å². The maximum atomic E-state index is 12.9. The maximum absolute atomic E-state index is 12.9. The molecule has 0 fully saturated rings. The third kappa shape index (κ3) is 5.17. The summed E-state index contributed by atoms with van der Waals surface area (Å²) < 4.78 is 10.9. The Labute approximate surface area is 176 Å². The highest BCUT2D eigenvalue weighted by molar-refractivity contribution is 6.05. The smallest absolute Gasteiger partial charge is 0.338 e. The Balaban J connectivity index is 1.68. The van der Waals surface area contributed by atoms with Gasteiger partial charge in [-0.15, -0.1) is 0 Å². The molecular formula is C23H26N2O5. The zero-order valence-electron chi connectivity index (χ0n) is 17.4. The monoisotopic (exact) mass is 410 g/mol. The Morgan fingerprint density at radius 3 is 2.70 bits per heavy atom. The Morgan fingerprint density at radius 2 is 1.93 bits per heavy atom. The summed E-state index contributed by atoms with van der Waals surface area (Å²) in [7, 11) is 0. The second-order valence-electron chi connectivity index (χ2n) is 7.69. The molecule has 1 aliphatic heterocycles. The number of esters is 1. The molecular weight excluding hydrogens is 384 g/mol. The summed E-state index contributed by atoms with van der Waals surface area (Å²) in [6.07, 6.45) is 0.156. The summed E-state index contributed by atoms with van der Waals surface area (Å²) in [6, 6.07) is 13.4. The molecule has 0 saturated heterocycles. The predicted octanol–water partition coefficient (Wildman–Crippen LogP) is 3.64. The van der Waals surface area contributed by atoms with Crippen LogP contribution in [0.1, 0.15) is 37.6 Å². The van der Waals surface area contributed by atoms with Gasteiger partial charge in [0.1, 0.15) is 5.75 Å². The van der Waals surface area contributed by atoms with Crippen LogP contribution < -0.4 is 15.0 Å². The van der Waals surface area contributed by atoms with Gasteiger partial charge in [-0.05, 0) is 43.2 Å². The largest absolute Gasteiger partial charge is 0.493 e. The molecule has 30 heavy (non-hydrogen) atoms. The first kappa shape index (κ1) is 21.4. The van der Waals surface area contributed by atoms with E-state index >= 15 is 0 Å². The van der Waals surface area contributed by atoms with E-state index < -0.39 is 18.5 Å². The number of nitrogens with one attached hydrogen (secondary N) is 1. The minimum absolute atomic E-state index is 0.156. The van der Waals surface area contributed by atoms with Gasteiger partial charge in [0.15, 0.2) is 6.61 Å². The number of rotatable bonds is 6. The van der Waals surface area contributed by atoms with Crippen molar-refractivity contribution in [2.45, 2.75) is 33.2 Å². The third-order valence-corrected chi connectivity index (χ3v) is 4.61. The topological polar surface area (TPSA) is 84.9 Å². The molecule has 1 heterocycles. The highest BCUT2D eigenvalue weighted by Gasteiger charge is 2.30. The van der Waals surface area contributed by atoms with E-state index in [0.29, 0.717) is 35.2 Å². The molecule has 0 saturated carbocycles. The molecule has 7 nitrogen and oxygen atoms in total. The van der Waals surface area contributed by atoms with Gasteiger partial charge in [-0.3, -0.25) is 9.59 Å². The van der Waals surface area contributed by atoms with Gasteiger partial charge in [0.25, 0.3) is 5.91 Å². The first-order valence-corrected chi connectivity index (χ1v) is 9.96. The van der Waals surface area contributed by atoms with Crippen LogP contribution in [0.2, 0.25) is 0 Å². The second kappa shape index (κ2) is 9.43. The van der Waals surface area contributed by atoms with Gasteiger partial charge in [-0.1, -0.05) is 32.0 Å². The number of ether oxygens (including phenoxy) is 2. The Kier molecular flexibility index (Phi) is 6.72. The molecule has 0 aliphatic carbocycles. The summed E-state index contributed by atoms with van der Waals surface area (Å²) >= 11 is 0. The molecule has 3 rings (SSSR count). The van der Waals surface area contributed by atoms with Crippen molar-refractivity contribution in [3.05, 3.63) is 54.1 Å². The number of benzene rings is 2. The van der Waals surface area contributed by atoms with Crippen LogP contribution in [0, 0.1) is 5.92 Å². The molecule has 2 aromatic carbocycles. The number of hydrogen-bond acceptors (Lipinski definition) is 5. The molecule has 2 amide bonds. The van der Waals surface area contributed by atoms with Crippen LogP contribution in [0.3, 0.4) is 0 Å². The number of carbonyl (C=O) groups is 3. The Morgan fingerprint density at radius 1 is 1.17 bits per heavy atom. The van der Waals surface area contributed by atoms with Crippen molar-refractivity contribution < 1.29 is 23.9 Å². The number of para-hydroxylation sites is 2. The number of hydrogen-bond donors (Lipinski definition) is 1. The van der Waals surface area contributed by atoms with Gasteiger partial charge in [-0.25, -0.2) is 4.79 Å². The minimum atomic E-state index is -0.608. The van der Waals surface area contributed by atoms with E-state index in [9.17, 15) is 14.4 Å². The molecule has 0 aromatic heterocycles. The van der Waals surface area contributed by atoms with Crippen molar-refractivity contribution >= 4 is 29.2 Å². The van der Waals surface area contributed by atoms with Gasteiger partial charge >= 0.3 is 5.97 Å². The number of nitrogens with zero attached hydrogens (tertiary/aromatic N) is 1. The zero-order chi connectivity index (χ0) is 21.7. The van der Waals surface area contributed by atoms with E-state index in [2.05, 4.69) is 5.32 Å². The number of amides is 2. The molecule has 7 heteroatoms. The molecule has 0 spiro atoms. The number of carbonyl (C=O) groups excluding carboxylic acids is 3.